The Morgan fingerprint density at radius 2 is 1.91 bits per heavy atom. The second kappa shape index (κ2) is 7.26. The molecule has 0 unspecified atom stereocenters. The number of carbonyl (C=O) groups excluding carboxylic acids is 2. The molecule has 114 valence electrons. The number of nitrogens with one attached hydrogen (secondary N) is 2. The monoisotopic (exact) mass is 299 g/mol. The topological polar surface area (TPSA) is 96.9 Å². The van der Waals surface area contributed by atoms with Gasteiger partial charge in [0.1, 0.15) is 5.69 Å². The Morgan fingerprint density at radius 3 is 2.50 bits per heavy atom. The van der Waals surface area contributed by atoms with E-state index in [1.165, 1.54) is 12.4 Å². The molecule has 2 aromatic rings. The highest BCUT2D eigenvalue weighted by Gasteiger charge is 2.14. The Labute approximate surface area is 128 Å². The summed E-state index contributed by atoms with van der Waals surface area (Å²) in [5, 5.41) is 5.21. The molecule has 0 aliphatic carbocycles. The lowest BCUT2D eigenvalue weighted by atomic mass is 10.1. The van der Waals surface area contributed by atoms with Crippen LogP contribution in [0, 0.1) is 5.92 Å². The molecule has 2 rings (SSSR count). The van der Waals surface area contributed by atoms with Gasteiger partial charge in [0.05, 0.1) is 11.5 Å². The van der Waals surface area contributed by atoms with E-state index in [0.717, 1.165) is 0 Å². The summed E-state index contributed by atoms with van der Waals surface area (Å²) >= 11 is 0. The third kappa shape index (κ3) is 3.85. The van der Waals surface area contributed by atoms with Crippen LogP contribution in [0.2, 0.25) is 0 Å². The van der Waals surface area contributed by atoms with Gasteiger partial charge in [-0.15, -0.1) is 0 Å². The molecular formula is C15H17N5O2. The molecule has 2 amide bonds. The van der Waals surface area contributed by atoms with E-state index in [1.807, 2.05) is 6.07 Å². The molecule has 0 radical (unpaired) electrons. The van der Waals surface area contributed by atoms with Crippen molar-refractivity contribution in [1.29, 1.82) is 0 Å². The molecule has 0 fully saturated rings. The maximum Gasteiger partial charge on any atom is 0.254 e. The quantitative estimate of drug-likeness (QED) is 0.845. The lowest BCUT2D eigenvalue weighted by molar-refractivity contribution is -0.123. The zero-order valence-electron chi connectivity index (χ0n) is 12.4. The second-order valence-electron chi connectivity index (χ2n) is 4.74. The first-order valence-electron chi connectivity index (χ1n) is 6.85. The summed E-state index contributed by atoms with van der Waals surface area (Å²) in [6.07, 6.45) is 4.54. The lowest BCUT2D eigenvalue weighted by Gasteiger charge is -2.11. The van der Waals surface area contributed by atoms with Gasteiger partial charge in [0.25, 0.3) is 5.91 Å². The van der Waals surface area contributed by atoms with Crippen LogP contribution in [0.1, 0.15) is 17.3 Å². The number of amides is 2. The van der Waals surface area contributed by atoms with Crippen LogP contribution in [0.15, 0.2) is 36.8 Å². The van der Waals surface area contributed by atoms with Gasteiger partial charge in [-0.3, -0.25) is 14.6 Å². The average molecular weight is 299 g/mol. The van der Waals surface area contributed by atoms with Crippen molar-refractivity contribution in [2.45, 2.75) is 6.92 Å². The summed E-state index contributed by atoms with van der Waals surface area (Å²) in [4.78, 5) is 35.7. The van der Waals surface area contributed by atoms with Crippen molar-refractivity contribution in [2.75, 3.05) is 13.6 Å². The molecule has 22 heavy (non-hydrogen) atoms. The predicted molar refractivity (Wildman–Crippen MR) is 80.8 cm³/mol. The van der Waals surface area contributed by atoms with Crippen LogP contribution in [-0.2, 0) is 4.79 Å². The molecular weight excluding hydrogens is 282 g/mol. The van der Waals surface area contributed by atoms with Crippen molar-refractivity contribution < 1.29 is 9.59 Å². The zero-order chi connectivity index (χ0) is 15.9. The van der Waals surface area contributed by atoms with Crippen molar-refractivity contribution in [3.63, 3.8) is 0 Å². The maximum absolute atomic E-state index is 12.0. The summed E-state index contributed by atoms with van der Waals surface area (Å²) in [6.45, 7) is 1.99. The molecule has 0 saturated carbocycles. The minimum Gasteiger partial charge on any atom is -0.359 e. The first-order chi connectivity index (χ1) is 10.6. The number of pyridine rings is 1. The molecule has 2 heterocycles. The highest BCUT2D eigenvalue weighted by molar-refractivity contribution is 5.94. The first kappa shape index (κ1) is 15.6. The second-order valence-corrected chi connectivity index (χ2v) is 4.74. The Kier molecular flexibility index (Phi) is 5.13. The molecule has 2 aromatic heterocycles. The molecule has 0 saturated heterocycles. The van der Waals surface area contributed by atoms with Crippen molar-refractivity contribution in [3.8, 4) is 11.5 Å². The molecule has 0 bridgehead atoms. The third-order valence-electron chi connectivity index (χ3n) is 3.07. The average Bonchev–Trinajstić information content (AvgIpc) is 2.59. The smallest absolute Gasteiger partial charge is 0.254 e. The van der Waals surface area contributed by atoms with Crippen molar-refractivity contribution in [2.24, 2.45) is 5.92 Å². The van der Waals surface area contributed by atoms with Gasteiger partial charge in [0, 0.05) is 32.2 Å². The van der Waals surface area contributed by atoms with Crippen LogP contribution < -0.4 is 10.6 Å². The predicted octanol–water partition coefficient (Wildman–Crippen LogP) is 0.650. The summed E-state index contributed by atoms with van der Waals surface area (Å²) in [5.41, 5.74) is 0.978. The van der Waals surface area contributed by atoms with Gasteiger partial charge >= 0.3 is 0 Å². The Morgan fingerprint density at radius 1 is 1.18 bits per heavy atom. The summed E-state index contributed by atoms with van der Waals surface area (Å²) in [7, 11) is 1.56. The minimum absolute atomic E-state index is 0.123. The van der Waals surface area contributed by atoms with Crippen molar-refractivity contribution in [1.82, 2.24) is 25.6 Å². The summed E-state index contributed by atoms with van der Waals surface area (Å²) < 4.78 is 0. The van der Waals surface area contributed by atoms with Crippen molar-refractivity contribution in [3.05, 3.63) is 42.4 Å². The Balaban J connectivity index is 1.98. The molecule has 0 aliphatic rings. The van der Waals surface area contributed by atoms with Gasteiger partial charge < -0.3 is 10.6 Å². The zero-order valence-corrected chi connectivity index (χ0v) is 12.4. The number of carbonyl (C=O) groups is 2. The van der Waals surface area contributed by atoms with E-state index < -0.39 is 0 Å². The van der Waals surface area contributed by atoms with Crippen LogP contribution in [0.4, 0.5) is 0 Å². The van der Waals surface area contributed by atoms with Crippen LogP contribution in [0.3, 0.4) is 0 Å². The fourth-order valence-electron chi connectivity index (χ4n) is 1.76. The molecule has 0 aromatic carbocycles. The highest BCUT2D eigenvalue weighted by Crippen LogP contribution is 2.10. The van der Waals surface area contributed by atoms with E-state index in [9.17, 15) is 9.59 Å². The van der Waals surface area contributed by atoms with E-state index in [2.05, 4.69) is 25.6 Å². The van der Waals surface area contributed by atoms with Gasteiger partial charge in [-0.05, 0) is 12.1 Å². The molecule has 0 spiro atoms. The highest BCUT2D eigenvalue weighted by atomic mass is 16.2. The molecule has 2 N–H and O–H groups in total. The molecule has 7 heteroatoms. The van der Waals surface area contributed by atoms with Crippen LogP contribution in [-0.4, -0.2) is 40.4 Å². The van der Waals surface area contributed by atoms with E-state index in [1.54, 1.807) is 32.3 Å². The van der Waals surface area contributed by atoms with E-state index in [0.29, 0.717) is 17.1 Å². The molecule has 7 nitrogen and oxygen atoms in total. The first-order valence-corrected chi connectivity index (χ1v) is 6.85. The SMILES string of the molecule is CNC(=O)[C@@H](C)CNC(=O)c1cnc(-c2ccccn2)nc1. The summed E-state index contributed by atoms with van der Waals surface area (Å²) in [5.74, 6) is -0.288. The van der Waals surface area contributed by atoms with Gasteiger partial charge in [-0.1, -0.05) is 13.0 Å². The van der Waals surface area contributed by atoms with E-state index in [4.69, 9.17) is 0 Å². The summed E-state index contributed by atoms with van der Waals surface area (Å²) in [6, 6.07) is 5.44. The third-order valence-corrected chi connectivity index (χ3v) is 3.07. The van der Waals surface area contributed by atoms with E-state index in [-0.39, 0.29) is 24.3 Å². The lowest BCUT2D eigenvalue weighted by Crippen LogP contribution is -2.36. The van der Waals surface area contributed by atoms with Gasteiger partial charge in [-0.2, -0.15) is 0 Å². The van der Waals surface area contributed by atoms with Gasteiger partial charge in [-0.25, -0.2) is 9.97 Å². The fraction of sp³-hybridized carbons (Fsp3) is 0.267. The van der Waals surface area contributed by atoms with E-state index >= 15 is 0 Å². The number of nitrogens with zero attached hydrogens (tertiary/aromatic N) is 3. The number of hydrogen-bond donors (Lipinski definition) is 2. The number of aromatic nitrogens is 3. The molecule has 0 aliphatic heterocycles. The standard InChI is InChI=1S/C15H17N5O2/c1-10(14(21)16-2)7-20-15(22)11-8-18-13(19-9-11)12-5-3-4-6-17-12/h3-6,8-10H,7H2,1-2H3,(H,16,21)(H,20,22)/t10-/m0/s1. The Hall–Kier alpha value is -2.83. The normalized spacial score (nSPS) is 11.5. The number of rotatable bonds is 5. The van der Waals surface area contributed by atoms with Crippen LogP contribution >= 0.6 is 0 Å². The molecule has 1 atom stereocenters. The van der Waals surface area contributed by atoms with Gasteiger partial charge in [0.15, 0.2) is 5.82 Å². The largest absolute Gasteiger partial charge is 0.359 e. The number of hydrogen-bond acceptors (Lipinski definition) is 5. The van der Waals surface area contributed by atoms with Crippen LogP contribution in [0.25, 0.3) is 11.5 Å². The Bertz CT molecular complexity index is 643. The minimum atomic E-state index is -0.316. The van der Waals surface area contributed by atoms with Crippen LogP contribution in [0.5, 0.6) is 0 Å². The van der Waals surface area contributed by atoms with Crippen molar-refractivity contribution >= 4 is 11.8 Å². The van der Waals surface area contributed by atoms with Gasteiger partial charge in [0.2, 0.25) is 5.91 Å². The fourth-order valence-corrected chi connectivity index (χ4v) is 1.76. The maximum atomic E-state index is 12.0.